The van der Waals surface area contributed by atoms with Gasteiger partial charge < -0.3 is 29.6 Å². The normalized spacial score (nSPS) is 13.5. The molecule has 164 valence electrons. The van der Waals surface area contributed by atoms with Crippen LogP contribution in [0, 0.1) is 0 Å². The minimum Gasteiger partial charge on any atom is -0.454 e. The van der Waals surface area contributed by atoms with Gasteiger partial charge in [0.05, 0.1) is 24.2 Å². The Morgan fingerprint density at radius 2 is 2.19 bits per heavy atom. The van der Waals surface area contributed by atoms with Crippen LogP contribution in [0.25, 0.3) is 10.7 Å². The van der Waals surface area contributed by atoms with Crippen LogP contribution >= 0.6 is 23.1 Å². The van der Waals surface area contributed by atoms with Crippen LogP contribution < -0.4 is 15.2 Å². The van der Waals surface area contributed by atoms with Crippen molar-refractivity contribution in [3.63, 3.8) is 0 Å². The summed E-state index contributed by atoms with van der Waals surface area (Å²) in [6.07, 6.45) is -0.504. The maximum atomic E-state index is 11.3. The van der Waals surface area contributed by atoms with Gasteiger partial charge in [-0.25, -0.2) is 0 Å². The third-order valence-corrected chi connectivity index (χ3v) is 6.44. The lowest BCUT2D eigenvalue weighted by Crippen LogP contribution is -2.19. The number of aliphatic hydroxyl groups is 1. The van der Waals surface area contributed by atoms with Crippen molar-refractivity contribution in [1.82, 2.24) is 14.8 Å². The third kappa shape index (κ3) is 5.56. The van der Waals surface area contributed by atoms with Gasteiger partial charge in [-0.1, -0.05) is 23.9 Å². The molecular weight excluding hydrogens is 440 g/mol. The van der Waals surface area contributed by atoms with Crippen molar-refractivity contribution in [1.29, 1.82) is 0 Å². The van der Waals surface area contributed by atoms with Crippen LogP contribution in [0.2, 0.25) is 0 Å². The van der Waals surface area contributed by atoms with Crippen molar-refractivity contribution in [2.75, 3.05) is 19.2 Å². The van der Waals surface area contributed by atoms with Gasteiger partial charge in [0.25, 0.3) is 0 Å². The number of primary amides is 1. The van der Waals surface area contributed by atoms with Gasteiger partial charge >= 0.3 is 0 Å². The standard InChI is InChI=1S/C20H22N4O5S2/c21-18(26)5-6-24-19(17-2-1-7-30-17)22-23-20(24)31-11-14(25)10-27-9-13-3-4-15-16(8-13)29-12-28-15/h1-4,7-8,14,25H,5-6,9-12H2,(H2,21,26). The second kappa shape index (κ2) is 10.1. The zero-order valence-electron chi connectivity index (χ0n) is 16.6. The fraction of sp³-hybridized carbons (Fsp3) is 0.350. The molecule has 4 rings (SSSR count). The Morgan fingerprint density at radius 3 is 3.00 bits per heavy atom. The molecule has 0 fully saturated rings. The number of nitrogens with two attached hydrogens (primary N) is 1. The molecule has 1 atom stereocenters. The Bertz CT molecular complexity index is 1020. The number of rotatable bonds is 11. The van der Waals surface area contributed by atoms with E-state index in [2.05, 4.69) is 10.2 Å². The van der Waals surface area contributed by atoms with Crippen LogP contribution in [0.4, 0.5) is 0 Å². The van der Waals surface area contributed by atoms with E-state index in [-0.39, 0.29) is 19.8 Å². The number of nitrogens with zero attached hydrogens (tertiary/aromatic N) is 3. The molecule has 2 aromatic heterocycles. The van der Waals surface area contributed by atoms with Crippen molar-refractivity contribution < 1.29 is 24.1 Å². The Hall–Kier alpha value is -2.60. The zero-order chi connectivity index (χ0) is 21.6. The van der Waals surface area contributed by atoms with Crippen LogP contribution in [-0.4, -0.2) is 51.0 Å². The highest BCUT2D eigenvalue weighted by molar-refractivity contribution is 7.99. The zero-order valence-corrected chi connectivity index (χ0v) is 18.2. The summed E-state index contributed by atoms with van der Waals surface area (Å²) in [5.74, 6) is 2.10. The number of hydrogen-bond acceptors (Lipinski definition) is 9. The van der Waals surface area contributed by atoms with Gasteiger partial charge in [-0.3, -0.25) is 4.79 Å². The summed E-state index contributed by atoms with van der Waals surface area (Å²) in [5.41, 5.74) is 6.25. The van der Waals surface area contributed by atoms with E-state index >= 15 is 0 Å². The third-order valence-electron chi connectivity index (χ3n) is 4.46. The van der Waals surface area contributed by atoms with Crippen LogP contribution in [0.3, 0.4) is 0 Å². The molecule has 0 radical (unpaired) electrons. The first-order chi connectivity index (χ1) is 15.1. The summed E-state index contributed by atoms with van der Waals surface area (Å²) in [7, 11) is 0. The quantitative estimate of drug-likeness (QED) is 0.416. The van der Waals surface area contributed by atoms with E-state index in [4.69, 9.17) is 19.9 Å². The van der Waals surface area contributed by atoms with Gasteiger partial charge in [0, 0.05) is 18.7 Å². The Kier molecular flexibility index (Phi) is 7.07. The first-order valence-electron chi connectivity index (χ1n) is 9.62. The smallest absolute Gasteiger partial charge is 0.231 e. The minimum atomic E-state index is -0.689. The number of aliphatic hydroxyl groups excluding tert-OH is 1. The fourth-order valence-corrected chi connectivity index (χ4v) is 4.56. The molecule has 1 unspecified atom stereocenters. The van der Waals surface area contributed by atoms with Crippen LogP contribution in [0.1, 0.15) is 12.0 Å². The van der Waals surface area contributed by atoms with Crippen molar-refractivity contribution >= 4 is 29.0 Å². The van der Waals surface area contributed by atoms with E-state index in [0.717, 1.165) is 16.2 Å². The number of hydrogen-bond donors (Lipinski definition) is 2. The molecule has 3 N–H and O–H groups in total. The van der Waals surface area contributed by atoms with Crippen molar-refractivity contribution in [2.45, 2.75) is 30.8 Å². The molecule has 0 aliphatic carbocycles. The largest absolute Gasteiger partial charge is 0.454 e. The lowest BCUT2D eigenvalue weighted by molar-refractivity contribution is -0.118. The summed E-state index contributed by atoms with van der Waals surface area (Å²) in [5, 5.41) is 21.4. The number of thiophene rings is 1. The first kappa shape index (κ1) is 21.6. The number of aromatic nitrogens is 3. The molecule has 0 bridgehead atoms. The molecule has 11 heteroatoms. The molecule has 31 heavy (non-hydrogen) atoms. The summed E-state index contributed by atoms with van der Waals surface area (Å²) in [6.45, 7) is 1.15. The van der Waals surface area contributed by atoms with E-state index in [9.17, 15) is 9.90 Å². The van der Waals surface area contributed by atoms with Crippen LogP contribution in [-0.2, 0) is 22.7 Å². The van der Waals surface area contributed by atoms with Crippen molar-refractivity contribution in [3.8, 4) is 22.2 Å². The summed E-state index contributed by atoms with van der Waals surface area (Å²) in [6, 6.07) is 9.50. The number of carbonyl (C=O) groups is 1. The van der Waals surface area contributed by atoms with Crippen LogP contribution in [0.15, 0.2) is 40.9 Å². The molecule has 3 heterocycles. The molecule has 9 nitrogen and oxygen atoms in total. The monoisotopic (exact) mass is 462 g/mol. The number of ether oxygens (including phenoxy) is 3. The van der Waals surface area contributed by atoms with E-state index < -0.39 is 12.0 Å². The highest BCUT2D eigenvalue weighted by Crippen LogP contribution is 2.32. The fourth-order valence-electron chi connectivity index (χ4n) is 2.97. The van der Waals surface area contributed by atoms with Gasteiger partial charge in [0.15, 0.2) is 22.5 Å². The van der Waals surface area contributed by atoms with Gasteiger partial charge in [0.2, 0.25) is 12.7 Å². The minimum absolute atomic E-state index is 0.175. The van der Waals surface area contributed by atoms with Gasteiger partial charge in [0.1, 0.15) is 0 Å². The molecule has 1 amide bonds. The molecule has 1 aromatic carbocycles. The average molecular weight is 463 g/mol. The molecule has 0 saturated heterocycles. The first-order valence-corrected chi connectivity index (χ1v) is 11.5. The van der Waals surface area contributed by atoms with Gasteiger partial charge in [-0.05, 0) is 29.1 Å². The maximum Gasteiger partial charge on any atom is 0.231 e. The highest BCUT2D eigenvalue weighted by Gasteiger charge is 2.18. The number of fused-ring (bicyclic) bond motifs is 1. The Morgan fingerprint density at radius 1 is 1.32 bits per heavy atom. The van der Waals surface area contributed by atoms with Crippen molar-refractivity contribution in [3.05, 3.63) is 41.3 Å². The van der Waals surface area contributed by atoms with E-state index in [1.807, 2.05) is 40.3 Å². The van der Waals surface area contributed by atoms with Crippen LogP contribution in [0.5, 0.6) is 11.5 Å². The average Bonchev–Trinajstić information content (AvgIpc) is 3.50. The number of thioether (sulfide) groups is 1. The SMILES string of the molecule is NC(=O)CCn1c(SCC(O)COCc2ccc3c(c2)OCO3)nnc1-c1cccs1. The summed E-state index contributed by atoms with van der Waals surface area (Å²) >= 11 is 2.91. The highest BCUT2D eigenvalue weighted by atomic mass is 32.2. The molecule has 3 aromatic rings. The van der Waals surface area contributed by atoms with E-state index in [0.29, 0.717) is 35.6 Å². The number of carbonyl (C=O) groups excluding carboxylic acids is 1. The molecule has 0 spiro atoms. The number of benzene rings is 1. The Labute approximate surface area is 187 Å². The predicted octanol–water partition coefficient (Wildman–Crippen LogP) is 2.28. The predicted molar refractivity (Wildman–Crippen MR) is 116 cm³/mol. The molecule has 0 saturated carbocycles. The van der Waals surface area contributed by atoms with Gasteiger partial charge in [-0.2, -0.15) is 0 Å². The molecular formula is C20H22N4O5S2. The second-order valence-electron chi connectivity index (χ2n) is 6.82. The van der Waals surface area contributed by atoms with E-state index in [1.54, 1.807) is 11.3 Å². The maximum absolute atomic E-state index is 11.3. The van der Waals surface area contributed by atoms with E-state index in [1.165, 1.54) is 11.8 Å². The summed E-state index contributed by atoms with van der Waals surface area (Å²) in [4.78, 5) is 12.2. The van der Waals surface area contributed by atoms with Crippen molar-refractivity contribution in [2.24, 2.45) is 5.73 Å². The lowest BCUT2D eigenvalue weighted by Gasteiger charge is -2.12. The molecule has 1 aliphatic rings. The topological polar surface area (TPSA) is 122 Å². The second-order valence-corrected chi connectivity index (χ2v) is 8.75. The van der Waals surface area contributed by atoms with Gasteiger partial charge in [-0.15, -0.1) is 21.5 Å². The molecule has 1 aliphatic heterocycles. The Balaban J connectivity index is 1.30. The number of amides is 1. The lowest BCUT2D eigenvalue weighted by atomic mass is 10.2. The summed E-state index contributed by atoms with van der Waals surface area (Å²) < 4.78 is 18.1.